The van der Waals surface area contributed by atoms with Crippen LogP contribution in [-0.4, -0.2) is 22.9 Å². The molecule has 1 saturated carbocycles. The fourth-order valence-electron chi connectivity index (χ4n) is 2.25. The van der Waals surface area contributed by atoms with Crippen LogP contribution in [0.1, 0.15) is 44.2 Å². The Morgan fingerprint density at radius 1 is 1.30 bits per heavy atom. The third kappa shape index (κ3) is 4.07. The molecule has 0 heterocycles. The molecule has 0 aromatic heterocycles. The summed E-state index contributed by atoms with van der Waals surface area (Å²) in [5, 5.41) is 0. The van der Waals surface area contributed by atoms with E-state index in [9.17, 15) is 4.79 Å². The minimum Gasteiger partial charge on any atom is -0.335 e. The highest BCUT2D eigenvalue weighted by Crippen LogP contribution is 2.29. The summed E-state index contributed by atoms with van der Waals surface area (Å²) < 4.78 is 0. The predicted molar refractivity (Wildman–Crippen MR) is 82.2 cm³/mol. The minimum atomic E-state index is -0.0400. The molecule has 0 bridgehead atoms. The van der Waals surface area contributed by atoms with Crippen molar-refractivity contribution in [2.75, 3.05) is 0 Å². The van der Waals surface area contributed by atoms with E-state index in [1.807, 2.05) is 4.90 Å². The molecule has 3 nitrogen and oxygen atoms in total. The molecule has 3 heteroatoms. The van der Waals surface area contributed by atoms with Gasteiger partial charge < -0.3 is 10.6 Å². The zero-order valence-electron chi connectivity index (χ0n) is 12.8. The van der Waals surface area contributed by atoms with E-state index in [0.717, 1.165) is 12.8 Å². The molecule has 0 aliphatic heterocycles. The quantitative estimate of drug-likeness (QED) is 0.867. The highest BCUT2D eigenvalue weighted by molar-refractivity contribution is 5.77. The Balaban J connectivity index is 2.00. The van der Waals surface area contributed by atoms with Gasteiger partial charge in [0.25, 0.3) is 0 Å². The van der Waals surface area contributed by atoms with E-state index in [0.29, 0.717) is 24.9 Å². The van der Waals surface area contributed by atoms with Crippen LogP contribution >= 0.6 is 0 Å². The van der Waals surface area contributed by atoms with E-state index in [1.165, 1.54) is 11.1 Å². The molecule has 0 saturated heterocycles. The van der Waals surface area contributed by atoms with Crippen molar-refractivity contribution < 1.29 is 4.79 Å². The highest BCUT2D eigenvalue weighted by Gasteiger charge is 2.33. The Kier molecular flexibility index (Phi) is 4.81. The van der Waals surface area contributed by atoms with E-state index in [4.69, 9.17) is 5.73 Å². The van der Waals surface area contributed by atoms with Crippen LogP contribution in [0.15, 0.2) is 24.3 Å². The summed E-state index contributed by atoms with van der Waals surface area (Å²) in [6, 6.07) is 8.82. The van der Waals surface area contributed by atoms with Crippen molar-refractivity contribution >= 4 is 5.91 Å². The van der Waals surface area contributed by atoms with Gasteiger partial charge in [0.2, 0.25) is 5.91 Å². The van der Waals surface area contributed by atoms with E-state index < -0.39 is 0 Å². The Labute approximate surface area is 122 Å². The van der Waals surface area contributed by atoms with E-state index >= 15 is 0 Å². The lowest BCUT2D eigenvalue weighted by Gasteiger charge is -2.25. The Hall–Kier alpha value is -1.35. The summed E-state index contributed by atoms with van der Waals surface area (Å²) in [5.41, 5.74) is 8.49. The zero-order valence-corrected chi connectivity index (χ0v) is 12.8. The third-order valence-electron chi connectivity index (χ3n) is 4.05. The van der Waals surface area contributed by atoms with Crippen LogP contribution in [0.25, 0.3) is 0 Å². The molecule has 1 aliphatic carbocycles. The van der Waals surface area contributed by atoms with Gasteiger partial charge in [-0.25, -0.2) is 0 Å². The van der Waals surface area contributed by atoms with Crippen molar-refractivity contribution in [2.45, 2.75) is 58.7 Å². The molecule has 2 rings (SSSR count). The SMILES string of the molecule is Cc1ccc(CN(C(=O)CC(N)C(C)C)C2CC2)cc1. The number of rotatable bonds is 6. The maximum Gasteiger partial charge on any atom is 0.224 e. The first kappa shape index (κ1) is 15.0. The average Bonchev–Trinajstić information content (AvgIpc) is 3.22. The fraction of sp³-hybridized carbons (Fsp3) is 0.588. The van der Waals surface area contributed by atoms with Gasteiger partial charge in [-0.2, -0.15) is 0 Å². The fourth-order valence-corrected chi connectivity index (χ4v) is 2.25. The molecule has 1 unspecified atom stereocenters. The molecule has 20 heavy (non-hydrogen) atoms. The van der Waals surface area contributed by atoms with Crippen LogP contribution < -0.4 is 5.73 Å². The van der Waals surface area contributed by atoms with Gasteiger partial charge in [0.05, 0.1) is 0 Å². The summed E-state index contributed by atoms with van der Waals surface area (Å²) in [5.74, 6) is 0.550. The molecule has 1 aromatic carbocycles. The molecule has 0 radical (unpaired) electrons. The van der Waals surface area contributed by atoms with Crippen LogP contribution in [0.4, 0.5) is 0 Å². The van der Waals surface area contributed by atoms with E-state index in [2.05, 4.69) is 45.0 Å². The number of nitrogens with two attached hydrogens (primary N) is 1. The normalized spacial score (nSPS) is 16.2. The molecule has 110 valence electrons. The average molecular weight is 274 g/mol. The predicted octanol–water partition coefficient (Wildman–Crippen LogP) is 2.86. The Morgan fingerprint density at radius 2 is 1.90 bits per heavy atom. The topological polar surface area (TPSA) is 46.3 Å². The third-order valence-corrected chi connectivity index (χ3v) is 4.05. The molecule has 2 N–H and O–H groups in total. The summed E-state index contributed by atoms with van der Waals surface area (Å²) in [6.07, 6.45) is 2.73. The summed E-state index contributed by atoms with van der Waals surface area (Å²) in [4.78, 5) is 14.5. The highest BCUT2D eigenvalue weighted by atomic mass is 16.2. The van der Waals surface area contributed by atoms with Crippen molar-refractivity contribution in [3.8, 4) is 0 Å². The minimum absolute atomic E-state index is 0.0400. The van der Waals surface area contributed by atoms with Gasteiger partial charge in [-0.3, -0.25) is 4.79 Å². The standard InChI is InChI=1S/C17H26N2O/c1-12(2)16(18)10-17(20)19(15-8-9-15)11-14-6-4-13(3)5-7-14/h4-7,12,15-16H,8-11,18H2,1-3H3. The van der Waals surface area contributed by atoms with Gasteiger partial charge in [0.15, 0.2) is 0 Å². The van der Waals surface area contributed by atoms with Crippen molar-refractivity contribution in [3.05, 3.63) is 35.4 Å². The number of nitrogens with zero attached hydrogens (tertiary/aromatic N) is 1. The molecular formula is C17H26N2O. The second-order valence-electron chi connectivity index (χ2n) is 6.35. The van der Waals surface area contributed by atoms with Gasteiger partial charge >= 0.3 is 0 Å². The van der Waals surface area contributed by atoms with Crippen LogP contribution in [0.2, 0.25) is 0 Å². The lowest BCUT2D eigenvalue weighted by molar-refractivity contribution is -0.133. The van der Waals surface area contributed by atoms with Gasteiger partial charge in [-0.1, -0.05) is 43.7 Å². The van der Waals surface area contributed by atoms with Crippen LogP contribution in [-0.2, 0) is 11.3 Å². The van der Waals surface area contributed by atoms with E-state index in [1.54, 1.807) is 0 Å². The molecule has 1 atom stereocenters. The smallest absolute Gasteiger partial charge is 0.224 e. The number of amides is 1. The summed E-state index contributed by atoms with van der Waals surface area (Å²) in [7, 11) is 0. The largest absolute Gasteiger partial charge is 0.335 e. The first-order valence-corrected chi connectivity index (χ1v) is 7.58. The number of benzene rings is 1. The van der Waals surface area contributed by atoms with E-state index in [-0.39, 0.29) is 11.9 Å². The molecular weight excluding hydrogens is 248 g/mol. The van der Waals surface area contributed by atoms with Crippen LogP contribution in [0.5, 0.6) is 0 Å². The van der Waals surface area contributed by atoms with Crippen LogP contribution in [0, 0.1) is 12.8 Å². The van der Waals surface area contributed by atoms with Crippen molar-refractivity contribution in [1.82, 2.24) is 4.90 Å². The molecule has 1 amide bonds. The van der Waals surface area contributed by atoms with Crippen LogP contribution in [0.3, 0.4) is 0 Å². The molecule has 1 fully saturated rings. The summed E-state index contributed by atoms with van der Waals surface area (Å²) >= 11 is 0. The molecule has 1 aromatic rings. The van der Waals surface area contributed by atoms with Crippen molar-refractivity contribution in [1.29, 1.82) is 0 Å². The number of aryl methyl sites for hydroxylation is 1. The number of carbonyl (C=O) groups excluding carboxylic acids is 1. The summed E-state index contributed by atoms with van der Waals surface area (Å²) in [6.45, 7) is 6.93. The van der Waals surface area contributed by atoms with Crippen molar-refractivity contribution in [2.24, 2.45) is 11.7 Å². The first-order chi connectivity index (χ1) is 9.47. The van der Waals surface area contributed by atoms with Crippen molar-refractivity contribution in [3.63, 3.8) is 0 Å². The number of hydrogen-bond acceptors (Lipinski definition) is 2. The Bertz CT molecular complexity index is 449. The number of hydrogen-bond donors (Lipinski definition) is 1. The van der Waals surface area contributed by atoms with Gasteiger partial charge in [-0.15, -0.1) is 0 Å². The van der Waals surface area contributed by atoms with Gasteiger partial charge in [0, 0.05) is 25.0 Å². The second-order valence-corrected chi connectivity index (χ2v) is 6.35. The second kappa shape index (κ2) is 6.40. The Morgan fingerprint density at radius 3 is 2.40 bits per heavy atom. The zero-order chi connectivity index (χ0) is 14.7. The lowest BCUT2D eigenvalue weighted by Crippen LogP contribution is -2.38. The monoisotopic (exact) mass is 274 g/mol. The lowest BCUT2D eigenvalue weighted by atomic mass is 10.0. The number of carbonyl (C=O) groups is 1. The maximum atomic E-state index is 12.5. The van der Waals surface area contributed by atoms with Gasteiger partial charge in [0.1, 0.15) is 0 Å². The van der Waals surface area contributed by atoms with Gasteiger partial charge in [-0.05, 0) is 31.2 Å². The maximum absolute atomic E-state index is 12.5. The first-order valence-electron chi connectivity index (χ1n) is 7.58. The molecule has 0 spiro atoms. The molecule has 1 aliphatic rings.